The highest BCUT2D eigenvalue weighted by atomic mass is 19.1. The van der Waals surface area contributed by atoms with E-state index in [4.69, 9.17) is 4.74 Å². The molecule has 0 unspecified atom stereocenters. The van der Waals surface area contributed by atoms with E-state index in [9.17, 15) is 23.5 Å². The number of hydrogen-bond donors (Lipinski definition) is 1. The smallest absolute Gasteiger partial charge is 0.305 e. The van der Waals surface area contributed by atoms with E-state index >= 15 is 0 Å². The molecule has 0 saturated heterocycles. The third-order valence-corrected chi connectivity index (χ3v) is 4.35. The van der Waals surface area contributed by atoms with E-state index in [-0.39, 0.29) is 12.2 Å². The van der Waals surface area contributed by atoms with Crippen LogP contribution in [-0.2, 0) is 16.0 Å². The number of amides is 1. The number of aliphatic carboxylic acids is 1. The summed E-state index contributed by atoms with van der Waals surface area (Å²) in [4.78, 5) is 25.3. The summed E-state index contributed by atoms with van der Waals surface area (Å²) in [6.45, 7) is -0.107. The zero-order valence-electron chi connectivity index (χ0n) is 13.8. The predicted octanol–water partition coefficient (Wildman–Crippen LogP) is 2.94. The topological polar surface area (TPSA) is 66.8 Å². The van der Waals surface area contributed by atoms with E-state index < -0.39 is 36.2 Å². The second kappa shape index (κ2) is 7.51. The van der Waals surface area contributed by atoms with Crippen molar-refractivity contribution in [3.63, 3.8) is 0 Å². The maximum Gasteiger partial charge on any atom is 0.305 e. The van der Waals surface area contributed by atoms with Gasteiger partial charge in [-0.3, -0.25) is 9.59 Å². The Hall–Kier alpha value is -2.96. The molecule has 1 aliphatic heterocycles. The summed E-state index contributed by atoms with van der Waals surface area (Å²) in [6.07, 6.45) is 0.372. The molecular formula is C19H17F2NO4. The van der Waals surface area contributed by atoms with Gasteiger partial charge in [0, 0.05) is 12.6 Å². The molecule has 7 heteroatoms. The molecule has 26 heavy (non-hydrogen) atoms. The molecule has 0 saturated carbocycles. The number of ether oxygens (including phenoxy) is 1. The first-order chi connectivity index (χ1) is 12.5. The summed E-state index contributed by atoms with van der Waals surface area (Å²) in [6, 6.07) is 9.60. The summed E-state index contributed by atoms with van der Waals surface area (Å²) in [5.41, 5.74) is 1.80. The molecule has 0 fully saturated rings. The molecular weight excluding hydrogens is 344 g/mol. The molecule has 1 amide bonds. The summed E-state index contributed by atoms with van der Waals surface area (Å²) >= 11 is 0. The van der Waals surface area contributed by atoms with Crippen molar-refractivity contribution in [3.05, 3.63) is 65.2 Å². The molecule has 5 nitrogen and oxygen atoms in total. The minimum Gasteiger partial charge on any atom is -0.481 e. The average molecular weight is 361 g/mol. The molecule has 2 aromatic rings. The summed E-state index contributed by atoms with van der Waals surface area (Å²) in [5, 5.41) is 9.21. The second-order valence-corrected chi connectivity index (χ2v) is 6.01. The number of benzene rings is 2. The van der Waals surface area contributed by atoms with Crippen LogP contribution in [0, 0.1) is 11.6 Å². The Morgan fingerprint density at radius 2 is 1.96 bits per heavy atom. The highest BCUT2D eigenvalue weighted by Crippen LogP contribution is 2.32. The van der Waals surface area contributed by atoms with Crippen molar-refractivity contribution in [2.24, 2.45) is 0 Å². The van der Waals surface area contributed by atoms with Crippen LogP contribution in [0.3, 0.4) is 0 Å². The standard InChI is InChI=1S/C19H17F2NO4/c20-13-5-6-17(15(21)9-13)26-11-18(23)22-8-7-12-3-1-2-4-14(12)16(22)10-19(24)25/h1-6,9,16H,7-8,10-11H2,(H,24,25)/t16-/m0/s1. The first kappa shape index (κ1) is 17.8. The van der Waals surface area contributed by atoms with E-state index in [1.54, 1.807) is 6.07 Å². The van der Waals surface area contributed by atoms with Gasteiger partial charge in [-0.1, -0.05) is 24.3 Å². The molecule has 0 aliphatic carbocycles. The van der Waals surface area contributed by atoms with Gasteiger partial charge in [0.05, 0.1) is 12.5 Å². The van der Waals surface area contributed by atoms with Crippen LogP contribution in [0.2, 0.25) is 0 Å². The lowest BCUT2D eigenvalue weighted by Gasteiger charge is -2.36. The number of carboxylic acid groups (broad SMARTS) is 1. The maximum absolute atomic E-state index is 13.6. The van der Waals surface area contributed by atoms with Gasteiger partial charge in [0.15, 0.2) is 18.2 Å². The van der Waals surface area contributed by atoms with Crippen molar-refractivity contribution in [1.82, 2.24) is 4.90 Å². The monoisotopic (exact) mass is 361 g/mol. The number of hydrogen-bond acceptors (Lipinski definition) is 3. The van der Waals surface area contributed by atoms with Gasteiger partial charge in [0.2, 0.25) is 0 Å². The van der Waals surface area contributed by atoms with Crippen molar-refractivity contribution < 1.29 is 28.2 Å². The van der Waals surface area contributed by atoms with Gasteiger partial charge in [0.1, 0.15) is 5.82 Å². The molecule has 0 radical (unpaired) electrons. The number of rotatable bonds is 5. The molecule has 1 atom stereocenters. The summed E-state index contributed by atoms with van der Waals surface area (Å²) < 4.78 is 31.7. The van der Waals surface area contributed by atoms with Crippen molar-refractivity contribution in [3.8, 4) is 5.75 Å². The Bertz CT molecular complexity index is 840. The van der Waals surface area contributed by atoms with Gasteiger partial charge >= 0.3 is 5.97 Å². The van der Waals surface area contributed by atoms with Crippen molar-refractivity contribution in [2.45, 2.75) is 18.9 Å². The fourth-order valence-electron chi connectivity index (χ4n) is 3.15. The number of halogens is 2. The zero-order chi connectivity index (χ0) is 18.7. The normalized spacial score (nSPS) is 16.1. The third kappa shape index (κ3) is 3.82. The van der Waals surface area contributed by atoms with E-state index in [2.05, 4.69) is 0 Å². The van der Waals surface area contributed by atoms with Gasteiger partial charge in [-0.25, -0.2) is 8.78 Å². The first-order valence-electron chi connectivity index (χ1n) is 8.12. The summed E-state index contributed by atoms with van der Waals surface area (Å²) in [5.74, 6) is -3.34. The lowest BCUT2D eigenvalue weighted by Crippen LogP contribution is -2.43. The Kier molecular flexibility index (Phi) is 5.16. The van der Waals surface area contributed by atoms with Gasteiger partial charge in [0.25, 0.3) is 5.91 Å². The highest BCUT2D eigenvalue weighted by molar-refractivity contribution is 5.80. The number of carbonyl (C=O) groups is 2. The van der Waals surface area contributed by atoms with Gasteiger partial charge in [-0.2, -0.15) is 0 Å². The molecule has 0 aromatic heterocycles. The predicted molar refractivity (Wildman–Crippen MR) is 88.7 cm³/mol. The molecule has 1 N–H and O–H groups in total. The average Bonchev–Trinajstić information content (AvgIpc) is 2.60. The molecule has 136 valence electrons. The minimum atomic E-state index is -1.02. The highest BCUT2D eigenvalue weighted by Gasteiger charge is 2.32. The van der Waals surface area contributed by atoms with Crippen molar-refractivity contribution in [2.75, 3.05) is 13.2 Å². The fraction of sp³-hybridized carbons (Fsp3) is 0.263. The van der Waals surface area contributed by atoms with Gasteiger partial charge < -0.3 is 14.7 Å². The number of nitrogens with zero attached hydrogens (tertiary/aromatic N) is 1. The van der Waals surface area contributed by atoms with E-state index in [0.29, 0.717) is 19.0 Å². The van der Waals surface area contributed by atoms with Crippen LogP contribution in [0.5, 0.6) is 5.75 Å². The van der Waals surface area contributed by atoms with Crippen LogP contribution in [0.4, 0.5) is 8.78 Å². The molecule has 0 bridgehead atoms. The Morgan fingerprint density at radius 1 is 1.19 bits per heavy atom. The second-order valence-electron chi connectivity index (χ2n) is 6.01. The quantitative estimate of drug-likeness (QED) is 0.889. The largest absolute Gasteiger partial charge is 0.481 e. The Morgan fingerprint density at radius 3 is 2.69 bits per heavy atom. The van der Waals surface area contributed by atoms with Crippen LogP contribution >= 0.6 is 0 Å². The maximum atomic E-state index is 13.6. The minimum absolute atomic E-state index is 0.229. The van der Waals surface area contributed by atoms with Crippen molar-refractivity contribution >= 4 is 11.9 Å². The molecule has 2 aromatic carbocycles. The van der Waals surface area contributed by atoms with Gasteiger partial charge in [-0.05, 0) is 29.7 Å². The number of carboxylic acids is 1. The first-order valence-corrected chi connectivity index (χ1v) is 8.12. The lowest BCUT2D eigenvalue weighted by atomic mass is 9.90. The van der Waals surface area contributed by atoms with E-state index in [1.165, 1.54) is 4.90 Å². The Labute approximate surface area is 148 Å². The van der Waals surface area contributed by atoms with Crippen LogP contribution in [-0.4, -0.2) is 35.0 Å². The molecule has 3 rings (SSSR count). The fourth-order valence-corrected chi connectivity index (χ4v) is 3.15. The van der Waals surface area contributed by atoms with Crippen LogP contribution in [0.1, 0.15) is 23.6 Å². The van der Waals surface area contributed by atoms with E-state index in [0.717, 1.165) is 23.3 Å². The van der Waals surface area contributed by atoms with Crippen LogP contribution < -0.4 is 4.74 Å². The molecule has 0 spiro atoms. The molecule has 1 aliphatic rings. The van der Waals surface area contributed by atoms with Crippen LogP contribution in [0.25, 0.3) is 0 Å². The van der Waals surface area contributed by atoms with Gasteiger partial charge in [-0.15, -0.1) is 0 Å². The van der Waals surface area contributed by atoms with Crippen LogP contribution in [0.15, 0.2) is 42.5 Å². The number of fused-ring (bicyclic) bond motifs is 1. The SMILES string of the molecule is O=C(O)C[C@H]1c2ccccc2CCN1C(=O)COc1ccc(F)cc1F. The lowest BCUT2D eigenvalue weighted by molar-refractivity contribution is -0.142. The third-order valence-electron chi connectivity index (χ3n) is 4.35. The molecule has 1 heterocycles. The zero-order valence-corrected chi connectivity index (χ0v) is 13.8. The summed E-state index contributed by atoms with van der Waals surface area (Å²) in [7, 11) is 0. The Balaban J connectivity index is 1.76. The van der Waals surface area contributed by atoms with Crippen molar-refractivity contribution in [1.29, 1.82) is 0 Å². The van der Waals surface area contributed by atoms with E-state index in [1.807, 2.05) is 18.2 Å². The number of carbonyl (C=O) groups excluding carboxylic acids is 1.